The number of ether oxygens (including phenoxy) is 2. The van der Waals surface area contributed by atoms with Crippen LogP contribution in [0.5, 0.6) is 11.5 Å². The number of carbonyl (C=O) groups excluding carboxylic acids is 1. The van der Waals surface area contributed by atoms with Gasteiger partial charge in [-0.2, -0.15) is 0 Å². The molecule has 130 valence electrons. The highest BCUT2D eigenvalue weighted by Gasteiger charge is 2.14. The average Bonchev–Trinajstić information content (AvgIpc) is 2.58. The zero-order valence-electron chi connectivity index (χ0n) is 13.6. The molecule has 1 aromatic carbocycles. The van der Waals surface area contributed by atoms with E-state index in [1.165, 1.54) is 32.5 Å². The third-order valence-corrected chi connectivity index (χ3v) is 3.27. The van der Waals surface area contributed by atoms with Crippen LogP contribution in [0.2, 0.25) is 0 Å². The Morgan fingerprint density at radius 2 is 2.08 bits per heavy atom. The van der Waals surface area contributed by atoms with Gasteiger partial charge in [0.15, 0.2) is 17.3 Å². The first-order chi connectivity index (χ1) is 11.9. The molecule has 0 fully saturated rings. The van der Waals surface area contributed by atoms with Crippen LogP contribution in [0.15, 0.2) is 54.3 Å². The molecule has 0 bridgehead atoms. The van der Waals surface area contributed by atoms with Gasteiger partial charge < -0.3 is 14.8 Å². The molecule has 1 N–H and O–H groups in total. The Balaban J connectivity index is 2.61. The number of hydrogen-bond donors (Lipinski definition) is 1. The van der Waals surface area contributed by atoms with Crippen molar-refractivity contribution in [2.24, 2.45) is 0 Å². The molecule has 1 heterocycles. The van der Waals surface area contributed by atoms with Crippen molar-refractivity contribution in [2.75, 3.05) is 12.4 Å². The number of nitrogens with one attached hydrogen (secondary N) is 1. The molecule has 0 aliphatic heterocycles. The van der Waals surface area contributed by atoms with Gasteiger partial charge >= 0.3 is 5.97 Å². The second kappa shape index (κ2) is 7.76. The molecule has 0 unspecified atom stereocenters. The van der Waals surface area contributed by atoms with Crippen LogP contribution in [0.4, 0.5) is 10.2 Å². The smallest absolute Gasteiger partial charge is 0.308 e. The summed E-state index contributed by atoms with van der Waals surface area (Å²) in [6.45, 7) is 8.14. The number of aromatic nitrogens is 2. The summed E-state index contributed by atoms with van der Waals surface area (Å²) in [4.78, 5) is 19.5. The maximum absolute atomic E-state index is 14.0. The first-order valence-electron chi connectivity index (χ1n) is 7.02. The van der Waals surface area contributed by atoms with E-state index in [1.54, 1.807) is 6.07 Å². The van der Waals surface area contributed by atoms with E-state index in [-0.39, 0.29) is 22.3 Å². The minimum atomic E-state index is -0.767. The predicted molar refractivity (Wildman–Crippen MR) is 94.3 cm³/mol. The van der Waals surface area contributed by atoms with Crippen molar-refractivity contribution in [3.05, 3.63) is 54.3 Å². The number of hydrogen-bond acceptors (Lipinski definition) is 6. The van der Waals surface area contributed by atoms with Crippen molar-refractivity contribution in [3.8, 4) is 11.5 Å². The van der Waals surface area contributed by atoms with Gasteiger partial charge in [-0.3, -0.25) is 4.79 Å². The summed E-state index contributed by atoms with van der Waals surface area (Å²) in [6, 6.07) is 3.10. The highest BCUT2D eigenvalue weighted by atomic mass is 35.5. The summed E-state index contributed by atoms with van der Waals surface area (Å²) in [5.74, 6) is -0.500. The Morgan fingerprint density at radius 3 is 2.64 bits per heavy atom. The first-order valence-corrected chi connectivity index (χ1v) is 7.40. The lowest BCUT2D eigenvalue weighted by molar-refractivity contribution is -0.132. The van der Waals surface area contributed by atoms with Gasteiger partial charge in [-0.15, -0.1) is 0 Å². The van der Waals surface area contributed by atoms with Crippen molar-refractivity contribution >= 4 is 34.3 Å². The van der Waals surface area contributed by atoms with Gasteiger partial charge in [-0.25, -0.2) is 14.4 Å². The predicted octanol–water partition coefficient (Wildman–Crippen LogP) is 4.10. The number of benzene rings is 1. The van der Waals surface area contributed by atoms with E-state index in [2.05, 4.69) is 28.4 Å². The Bertz CT molecular complexity index is 896. The molecule has 2 aromatic rings. The molecule has 0 aliphatic rings. The maximum Gasteiger partial charge on any atom is 0.308 e. The van der Waals surface area contributed by atoms with E-state index in [0.717, 1.165) is 0 Å². The fourth-order valence-electron chi connectivity index (χ4n) is 2.03. The summed E-state index contributed by atoms with van der Waals surface area (Å²) >= 11 is 5.59. The Morgan fingerprint density at radius 1 is 1.36 bits per heavy atom. The quantitative estimate of drug-likeness (QED) is 0.473. The topological polar surface area (TPSA) is 73.3 Å². The van der Waals surface area contributed by atoms with E-state index >= 15 is 0 Å². The van der Waals surface area contributed by atoms with Gasteiger partial charge in [0.1, 0.15) is 12.1 Å². The Kier molecular flexibility index (Phi) is 5.71. The van der Waals surface area contributed by atoms with E-state index < -0.39 is 11.8 Å². The average molecular weight is 364 g/mol. The third kappa shape index (κ3) is 4.13. The maximum atomic E-state index is 14.0. The zero-order valence-corrected chi connectivity index (χ0v) is 14.4. The van der Waals surface area contributed by atoms with Gasteiger partial charge in [0.25, 0.3) is 0 Å². The van der Waals surface area contributed by atoms with Crippen molar-refractivity contribution in [2.45, 2.75) is 6.92 Å². The number of methoxy groups -OCH3 is 1. The monoisotopic (exact) mass is 363 g/mol. The molecule has 25 heavy (non-hydrogen) atoms. The van der Waals surface area contributed by atoms with Gasteiger partial charge in [-0.05, 0) is 12.1 Å². The number of anilines is 1. The third-order valence-electron chi connectivity index (χ3n) is 3.11. The van der Waals surface area contributed by atoms with E-state index in [4.69, 9.17) is 21.1 Å². The lowest BCUT2D eigenvalue weighted by Crippen LogP contribution is -2.05. The van der Waals surface area contributed by atoms with Crippen molar-refractivity contribution in [1.29, 1.82) is 0 Å². The molecule has 0 amide bonds. The number of allylic oxidation sites excluding steroid dienone is 3. The fraction of sp³-hybridized carbons (Fsp3) is 0.118. The Labute approximate surface area is 148 Å². The number of carbonyl (C=O) groups is 1. The van der Waals surface area contributed by atoms with Crippen molar-refractivity contribution in [1.82, 2.24) is 9.97 Å². The molecular weight excluding hydrogens is 349 g/mol. The number of fused-ring (bicyclic) bond motifs is 1. The molecule has 0 spiro atoms. The zero-order chi connectivity index (χ0) is 18.6. The largest absolute Gasteiger partial charge is 0.493 e. The SMILES string of the molecule is C=C/C(Nc1ncnc2cc(OC)c(OC(C)=O)cc12)=C(/F)C(=C)Cl. The van der Waals surface area contributed by atoms with Crippen LogP contribution < -0.4 is 14.8 Å². The molecule has 8 heteroatoms. The molecule has 0 saturated carbocycles. The normalized spacial score (nSPS) is 11.5. The highest BCUT2D eigenvalue weighted by molar-refractivity contribution is 6.31. The van der Waals surface area contributed by atoms with Crippen LogP contribution in [-0.2, 0) is 4.79 Å². The summed E-state index contributed by atoms with van der Waals surface area (Å²) in [5.41, 5.74) is 0.489. The Hall–Kier alpha value is -2.93. The van der Waals surface area contributed by atoms with Crippen LogP contribution in [0, 0.1) is 0 Å². The molecule has 0 saturated heterocycles. The van der Waals surface area contributed by atoms with Crippen molar-refractivity contribution in [3.63, 3.8) is 0 Å². The highest BCUT2D eigenvalue weighted by Crippen LogP contribution is 2.34. The summed E-state index contributed by atoms with van der Waals surface area (Å²) < 4.78 is 24.3. The lowest BCUT2D eigenvalue weighted by Gasteiger charge is -2.13. The second-order valence-corrected chi connectivity index (χ2v) is 5.25. The van der Waals surface area contributed by atoms with Crippen molar-refractivity contribution < 1.29 is 18.7 Å². The van der Waals surface area contributed by atoms with Gasteiger partial charge in [-0.1, -0.05) is 24.8 Å². The van der Waals surface area contributed by atoms with Crippen LogP contribution in [0.3, 0.4) is 0 Å². The second-order valence-electron chi connectivity index (χ2n) is 4.80. The fourth-order valence-corrected chi connectivity index (χ4v) is 2.13. The number of halogens is 2. The van der Waals surface area contributed by atoms with E-state index in [9.17, 15) is 9.18 Å². The minimum Gasteiger partial charge on any atom is -0.493 e. The van der Waals surface area contributed by atoms with Gasteiger partial charge in [0.05, 0.1) is 23.4 Å². The summed E-state index contributed by atoms with van der Waals surface area (Å²) in [7, 11) is 1.44. The minimum absolute atomic E-state index is 0.00939. The molecule has 2 rings (SSSR count). The van der Waals surface area contributed by atoms with Crippen LogP contribution in [0.1, 0.15) is 6.92 Å². The van der Waals surface area contributed by atoms with Gasteiger partial charge in [0, 0.05) is 18.4 Å². The van der Waals surface area contributed by atoms with E-state index in [0.29, 0.717) is 16.7 Å². The van der Waals surface area contributed by atoms with Gasteiger partial charge in [0.2, 0.25) is 0 Å². The lowest BCUT2D eigenvalue weighted by atomic mass is 10.2. The molecule has 0 atom stereocenters. The molecule has 0 radical (unpaired) electrons. The molecule has 1 aromatic heterocycles. The molecular formula is C17H15ClFN3O3. The molecule has 6 nitrogen and oxygen atoms in total. The van der Waals surface area contributed by atoms with Crippen LogP contribution in [0.25, 0.3) is 10.9 Å². The standard InChI is InChI=1S/C17H15ClFN3O3/c1-5-12(16(19)9(2)18)22-17-11-6-15(25-10(3)23)14(24-4)7-13(11)20-8-21-17/h5-8H,1-2H2,3-4H3,(H,20,21,22)/b16-12-. The summed E-state index contributed by atoms with van der Waals surface area (Å²) in [6.07, 6.45) is 2.54. The van der Waals surface area contributed by atoms with E-state index in [1.807, 2.05) is 0 Å². The van der Waals surface area contributed by atoms with Crippen LogP contribution >= 0.6 is 11.6 Å². The van der Waals surface area contributed by atoms with Crippen LogP contribution in [-0.4, -0.2) is 23.0 Å². The summed E-state index contributed by atoms with van der Waals surface area (Å²) in [5, 5.41) is 2.98. The molecule has 0 aliphatic carbocycles. The number of nitrogens with zero attached hydrogens (tertiary/aromatic N) is 2. The first kappa shape index (κ1) is 18.4. The number of esters is 1. The number of rotatable bonds is 6.